The number of aliphatic hydroxyl groups excluding tert-OH is 1. The summed E-state index contributed by atoms with van der Waals surface area (Å²) in [7, 11) is 1.88. The highest BCUT2D eigenvalue weighted by molar-refractivity contribution is 5.73. The van der Waals surface area contributed by atoms with Crippen LogP contribution in [0.5, 0.6) is 0 Å². The van der Waals surface area contributed by atoms with E-state index in [2.05, 4.69) is 15.7 Å². The van der Waals surface area contributed by atoms with E-state index in [1.807, 2.05) is 50.6 Å². The van der Waals surface area contributed by atoms with Crippen LogP contribution in [0.2, 0.25) is 0 Å². The predicted octanol–water partition coefficient (Wildman–Crippen LogP) is 2.05. The molecule has 23 heavy (non-hydrogen) atoms. The minimum atomic E-state index is -0.355. The molecule has 0 bridgehead atoms. The van der Waals surface area contributed by atoms with Crippen LogP contribution in [-0.2, 0) is 13.6 Å². The number of benzene rings is 1. The maximum Gasteiger partial charge on any atom is 0.315 e. The predicted molar refractivity (Wildman–Crippen MR) is 89.8 cm³/mol. The Morgan fingerprint density at radius 3 is 2.87 bits per heavy atom. The molecule has 1 aromatic carbocycles. The summed E-state index contributed by atoms with van der Waals surface area (Å²) >= 11 is 0. The lowest BCUT2D eigenvalue weighted by Crippen LogP contribution is -2.36. The number of nitrogens with zero attached hydrogens (tertiary/aromatic N) is 2. The molecule has 6 nitrogen and oxygen atoms in total. The van der Waals surface area contributed by atoms with E-state index in [0.29, 0.717) is 25.9 Å². The zero-order valence-corrected chi connectivity index (χ0v) is 13.6. The van der Waals surface area contributed by atoms with Gasteiger partial charge in [-0.05, 0) is 30.0 Å². The van der Waals surface area contributed by atoms with Gasteiger partial charge in [-0.1, -0.05) is 25.1 Å². The summed E-state index contributed by atoms with van der Waals surface area (Å²) in [6, 6.07) is 7.78. The van der Waals surface area contributed by atoms with E-state index in [9.17, 15) is 9.90 Å². The number of rotatable bonds is 7. The second-order valence-corrected chi connectivity index (χ2v) is 5.56. The van der Waals surface area contributed by atoms with E-state index in [1.54, 1.807) is 4.68 Å². The quantitative estimate of drug-likeness (QED) is 0.731. The maximum absolute atomic E-state index is 11.7. The second-order valence-electron chi connectivity index (χ2n) is 5.56. The van der Waals surface area contributed by atoms with Gasteiger partial charge in [0, 0.05) is 31.9 Å². The van der Waals surface area contributed by atoms with Crippen molar-refractivity contribution in [2.75, 3.05) is 6.54 Å². The van der Waals surface area contributed by atoms with Crippen LogP contribution in [0.4, 0.5) is 4.79 Å². The Kier molecular flexibility index (Phi) is 6.17. The highest BCUT2D eigenvalue weighted by atomic mass is 16.3. The number of nitrogens with one attached hydrogen (secondary N) is 2. The molecular formula is C17H24N4O2. The van der Waals surface area contributed by atoms with Crippen LogP contribution in [0.25, 0.3) is 11.1 Å². The van der Waals surface area contributed by atoms with Crippen molar-refractivity contribution in [3.8, 4) is 11.1 Å². The van der Waals surface area contributed by atoms with E-state index in [-0.39, 0.29) is 12.1 Å². The lowest BCUT2D eigenvalue weighted by atomic mass is 10.1. The average Bonchev–Trinajstić information content (AvgIpc) is 2.99. The smallest absolute Gasteiger partial charge is 0.315 e. The Morgan fingerprint density at radius 1 is 1.35 bits per heavy atom. The van der Waals surface area contributed by atoms with Gasteiger partial charge in [-0.3, -0.25) is 4.68 Å². The summed E-state index contributed by atoms with van der Waals surface area (Å²) in [5.41, 5.74) is 3.14. The van der Waals surface area contributed by atoms with E-state index >= 15 is 0 Å². The highest BCUT2D eigenvalue weighted by Gasteiger charge is 2.05. The molecule has 1 unspecified atom stereocenters. The molecule has 1 aromatic heterocycles. The maximum atomic E-state index is 11.7. The number of aromatic nitrogens is 2. The van der Waals surface area contributed by atoms with Crippen LogP contribution in [0.15, 0.2) is 36.7 Å². The summed E-state index contributed by atoms with van der Waals surface area (Å²) in [6.07, 6.45) is 4.69. The largest absolute Gasteiger partial charge is 0.393 e. The number of urea groups is 1. The minimum absolute atomic E-state index is 0.222. The molecule has 0 saturated heterocycles. The third kappa shape index (κ3) is 5.41. The van der Waals surface area contributed by atoms with Gasteiger partial charge in [-0.25, -0.2) is 4.79 Å². The van der Waals surface area contributed by atoms with Crippen molar-refractivity contribution >= 4 is 6.03 Å². The minimum Gasteiger partial charge on any atom is -0.393 e. The molecule has 1 atom stereocenters. The Hall–Kier alpha value is -2.34. The summed E-state index contributed by atoms with van der Waals surface area (Å²) in [4.78, 5) is 11.7. The molecule has 6 heteroatoms. The summed E-state index contributed by atoms with van der Waals surface area (Å²) in [5, 5.41) is 19.2. The lowest BCUT2D eigenvalue weighted by molar-refractivity contribution is 0.160. The van der Waals surface area contributed by atoms with Crippen LogP contribution in [-0.4, -0.2) is 33.6 Å². The molecule has 0 spiro atoms. The molecule has 0 aliphatic carbocycles. The van der Waals surface area contributed by atoms with Gasteiger partial charge in [-0.15, -0.1) is 0 Å². The van der Waals surface area contributed by atoms with Gasteiger partial charge in [0.25, 0.3) is 0 Å². The van der Waals surface area contributed by atoms with E-state index < -0.39 is 0 Å². The van der Waals surface area contributed by atoms with E-state index in [1.165, 1.54) is 0 Å². The van der Waals surface area contributed by atoms with Gasteiger partial charge in [0.05, 0.1) is 12.3 Å². The van der Waals surface area contributed by atoms with Crippen molar-refractivity contribution in [1.82, 2.24) is 20.4 Å². The molecule has 3 N–H and O–H groups in total. The molecule has 2 amide bonds. The Morgan fingerprint density at radius 2 is 2.17 bits per heavy atom. The number of amides is 2. The fourth-order valence-electron chi connectivity index (χ4n) is 2.23. The Labute approximate surface area is 136 Å². The molecule has 0 aliphatic heterocycles. The Bertz CT molecular complexity index is 639. The fraction of sp³-hybridized carbons (Fsp3) is 0.412. The van der Waals surface area contributed by atoms with Crippen molar-refractivity contribution in [2.45, 2.75) is 32.4 Å². The molecular weight excluding hydrogens is 292 g/mol. The second kappa shape index (κ2) is 8.33. The van der Waals surface area contributed by atoms with Crippen molar-refractivity contribution < 1.29 is 9.90 Å². The summed E-state index contributed by atoms with van der Waals surface area (Å²) < 4.78 is 1.76. The fourth-order valence-corrected chi connectivity index (χ4v) is 2.23. The van der Waals surface area contributed by atoms with Crippen molar-refractivity contribution in [1.29, 1.82) is 0 Å². The van der Waals surface area contributed by atoms with Gasteiger partial charge in [0.2, 0.25) is 0 Å². The van der Waals surface area contributed by atoms with Gasteiger partial charge in [-0.2, -0.15) is 5.10 Å². The first kappa shape index (κ1) is 17.0. The van der Waals surface area contributed by atoms with Crippen LogP contribution < -0.4 is 10.6 Å². The zero-order chi connectivity index (χ0) is 16.7. The van der Waals surface area contributed by atoms with Crippen LogP contribution in [0.1, 0.15) is 25.3 Å². The average molecular weight is 316 g/mol. The van der Waals surface area contributed by atoms with Crippen molar-refractivity contribution in [2.24, 2.45) is 7.05 Å². The van der Waals surface area contributed by atoms with Gasteiger partial charge < -0.3 is 15.7 Å². The molecule has 0 saturated carbocycles. The van der Waals surface area contributed by atoms with E-state index in [0.717, 1.165) is 16.7 Å². The number of hydrogen-bond acceptors (Lipinski definition) is 3. The number of carbonyl (C=O) groups is 1. The van der Waals surface area contributed by atoms with Crippen LogP contribution in [0, 0.1) is 0 Å². The van der Waals surface area contributed by atoms with Crippen molar-refractivity contribution in [3.05, 3.63) is 42.2 Å². The molecule has 2 rings (SSSR count). The van der Waals surface area contributed by atoms with Crippen LogP contribution in [0.3, 0.4) is 0 Å². The zero-order valence-electron chi connectivity index (χ0n) is 13.6. The third-order valence-electron chi connectivity index (χ3n) is 3.65. The SMILES string of the molecule is CCC(O)CCNC(=O)NCc1cccc(-c2cnn(C)c2)c1. The first-order chi connectivity index (χ1) is 11.1. The molecule has 0 fully saturated rings. The van der Waals surface area contributed by atoms with Crippen molar-refractivity contribution in [3.63, 3.8) is 0 Å². The first-order valence-electron chi connectivity index (χ1n) is 7.86. The van der Waals surface area contributed by atoms with Gasteiger partial charge in [0.15, 0.2) is 0 Å². The van der Waals surface area contributed by atoms with Gasteiger partial charge in [0.1, 0.15) is 0 Å². The number of carbonyl (C=O) groups excluding carboxylic acids is 1. The highest BCUT2D eigenvalue weighted by Crippen LogP contribution is 2.19. The standard InChI is InChI=1S/C17H24N4O2/c1-3-16(22)7-8-18-17(23)19-10-13-5-4-6-14(9-13)15-11-20-21(2)12-15/h4-6,9,11-12,16,22H,3,7-8,10H2,1-2H3,(H2,18,19,23). The first-order valence-corrected chi connectivity index (χ1v) is 7.86. The van der Waals surface area contributed by atoms with E-state index in [4.69, 9.17) is 0 Å². The molecule has 2 aromatic rings. The van der Waals surface area contributed by atoms with Crippen LogP contribution >= 0.6 is 0 Å². The number of aliphatic hydroxyl groups is 1. The Balaban J connectivity index is 1.83. The summed E-state index contributed by atoms with van der Waals surface area (Å²) in [5.74, 6) is 0. The lowest BCUT2D eigenvalue weighted by Gasteiger charge is -2.10. The summed E-state index contributed by atoms with van der Waals surface area (Å²) in [6.45, 7) is 2.84. The van der Waals surface area contributed by atoms with Gasteiger partial charge >= 0.3 is 6.03 Å². The molecule has 1 heterocycles. The molecule has 124 valence electrons. The molecule has 0 radical (unpaired) electrons. The molecule has 0 aliphatic rings. The third-order valence-corrected chi connectivity index (χ3v) is 3.65. The normalized spacial score (nSPS) is 12.0. The number of hydrogen-bond donors (Lipinski definition) is 3. The number of aryl methyl sites for hydroxylation is 1. The topological polar surface area (TPSA) is 79.2 Å². The monoisotopic (exact) mass is 316 g/mol.